The Morgan fingerprint density at radius 2 is 2.19 bits per heavy atom. The molecule has 1 saturated heterocycles. The summed E-state index contributed by atoms with van der Waals surface area (Å²) in [7, 11) is -3.24. The summed E-state index contributed by atoms with van der Waals surface area (Å²) in [5.41, 5.74) is 2.45. The lowest BCUT2D eigenvalue weighted by Crippen LogP contribution is -2.19. The Morgan fingerprint density at radius 1 is 1.31 bits per heavy atom. The van der Waals surface area contributed by atoms with Gasteiger partial charge in [0.2, 0.25) is 0 Å². The molecule has 0 saturated carbocycles. The molecule has 1 aromatic carbocycles. The van der Waals surface area contributed by atoms with Gasteiger partial charge in [-0.25, -0.2) is 13.4 Å². The molecule has 1 fully saturated rings. The number of oxazole rings is 1. The summed E-state index contributed by atoms with van der Waals surface area (Å²) in [6.07, 6.45) is 4.65. The van der Waals surface area contributed by atoms with Gasteiger partial charge in [0.15, 0.2) is 21.3 Å². The van der Waals surface area contributed by atoms with Gasteiger partial charge in [-0.3, -0.25) is 9.88 Å². The van der Waals surface area contributed by atoms with Crippen LogP contribution in [0.4, 0.5) is 0 Å². The summed E-state index contributed by atoms with van der Waals surface area (Å²) in [5, 5.41) is 0. The predicted octanol–water partition coefficient (Wildman–Crippen LogP) is 3.01. The van der Waals surface area contributed by atoms with E-state index in [9.17, 15) is 8.42 Å². The molecule has 0 bridgehead atoms. The normalized spacial score (nSPS) is 18.6. The van der Waals surface area contributed by atoms with Gasteiger partial charge in [0.25, 0.3) is 0 Å². The molecule has 136 valence electrons. The van der Waals surface area contributed by atoms with Crippen molar-refractivity contribution in [2.24, 2.45) is 0 Å². The third-order valence-electron chi connectivity index (χ3n) is 4.87. The number of nitrogens with zero attached hydrogens (tertiary/aromatic N) is 3. The molecule has 7 heteroatoms. The van der Waals surface area contributed by atoms with E-state index in [2.05, 4.69) is 20.9 Å². The number of rotatable bonds is 5. The van der Waals surface area contributed by atoms with Crippen LogP contribution in [0.15, 0.2) is 52.0 Å². The molecule has 2 aromatic heterocycles. The fraction of sp³-hybridized carbons (Fsp3) is 0.368. The Balaban J connectivity index is 1.52. The zero-order chi connectivity index (χ0) is 18.1. The Kier molecular flexibility index (Phi) is 4.50. The number of sulfone groups is 1. The monoisotopic (exact) mass is 371 g/mol. The van der Waals surface area contributed by atoms with E-state index in [4.69, 9.17) is 4.42 Å². The van der Waals surface area contributed by atoms with Crippen LogP contribution in [0.25, 0.3) is 11.1 Å². The van der Waals surface area contributed by atoms with Crippen molar-refractivity contribution >= 4 is 20.9 Å². The molecule has 1 aliphatic rings. The maximum atomic E-state index is 12.1. The molecule has 0 amide bonds. The van der Waals surface area contributed by atoms with Crippen LogP contribution in [0.2, 0.25) is 0 Å². The molecule has 0 aliphatic carbocycles. The molecule has 3 aromatic rings. The second kappa shape index (κ2) is 6.81. The highest BCUT2D eigenvalue weighted by Gasteiger charge is 2.28. The van der Waals surface area contributed by atoms with Gasteiger partial charge >= 0.3 is 0 Å². The quantitative estimate of drug-likeness (QED) is 0.686. The van der Waals surface area contributed by atoms with E-state index in [-0.39, 0.29) is 11.7 Å². The third-order valence-corrected chi connectivity index (χ3v) is 6.60. The molecular formula is C19H21N3O3S. The first-order valence-electron chi connectivity index (χ1n) is 8.79. The van der Waals surface area contributed by atoms with Gasteiger partial charge in [-0.15, -0.1) is 0 Å². The standard InChI is InChI=1S/C19H21N3O3S/c1-2-26(23,24)16-5-6-18-17(10-16)21-19(25-18)15-7-9-22(13-15)12-14-4-3-8-20-11-14/h3-6,8,10-11,15H,2,7,9,12-13H2,1H3/t15-/m1/s1. The van der Waals surface area contributed by atoms with E-state index >= 15 is 0 Å². The lowest BCUT2D eigenvalue weighted by atomic mass is 10.1. The second-order valence-corrected chi connectivity index (χ2v) is 8.95. The van der Waals surface area contributed by atoms with Gasteiger partial charge < -0.3 is 4.42 Å². The van der Waals surface area contributed by atoms with Crippen molar-refractivity contribution in [1.82, 2.24) is 14.9 Å². The van der Waals surface area contributed by atoms with Crippen LogP contribution in [0.1, 0.15) is 30.7 Å². The highest BCUT2D eigenvalue weighted by molar-refractivity contribution is 7.91. The summed E-state index contributed by atoms with van der Waals surface area (Å²) in [6, 6.07) is 8.95. The average molecular weight is 371 g/mol. The first-order chi connectivity index (χ1) is 12.5. The molecular weight excluding hydrogens is 350 g/mol. The van der Waals surface area contributed by atoms with Crippen LogP contribution in [0.5, 0.6) is 0 Å². The average Bonchev–Trinajstić information content (AvgIpc) is 3.28. The number of fused-ring (bicyclic) bond motifs is 1. The van der Waals surface area contributed by atoms with E-state index in [1.807, 2.05) is 12.3 Å². The van der Waals surface area contributed by atoms with E-state index in [1.165, 1.54) is 5.56 Å². The van der Waals surface area contributed by atoms with Gasteiger partial charge in [-0.05, 0) is 42.8 Å². The van der Waals surface area contributed by atoms with Crippen LogP contribution in [-0.4, -0.2) is 42.1 Å². The summed E-state index contributed by atoms with van der Waals surface area (Å²) in [5.74, 6) is 1.000. The molecule has 1 aliphatic heterocycles. The lowest BCUT2D eigenvalue weighted by Gasteiger charge is -2.14. The summed E-state index contributed by atoms with van der Waals surface area (Å²) in [6.45, 7) is 4.36. The van der Waals surface area contributed by atoms with Gasteiger partial charge in [-0.1, -0.05) is 13.0 Å². The molecule has 0 N–H and O–H groups in total. The molecule has 0 spiro atoms. The Labute approximate surface area is 152 Å². The van der Waals surface area contributed by atoms with Gasteiger partial charge in [0.05, 0.1) is 10.6 Å². The van der Waals surface area contributed by atoms with E-state index < -0.39 is 9.84 Å². The third kappa shape index (κ3) is 3.37. The number of benzene rings is 1. The minimum absolute atomic E-state index is 0.0785. The van der Waals surface area contributed by atoms with E-state index in [1.54, 1.807) is 31.3 Å². The second-order valence-electron chi connectivity index (χ2n) is 6.67. The first-order valence-corrected chi connectivity index (χ1v) is 10.4. The number of hydrogen-bond acceptors (Lipinski definition) is 6. The molecule has 1 atom stereocenters. The minimum Gasteiger partial charge on any atom is -0.440 e. The number of likely N-dealkylation sites (tertiary alicyclic amines) is 1. The molecule has 26 heavy (non-hydrogen) atoms. The number of hydrogen-bond donors (Lipinski definition) is 0. The summed E-state index contributed by atoms with van der Waals surface area (Å²) in [4.78, 5) is 11.4. The molecule has 0 unspecified atom stereocenters. The predicted molar refractivity (Wildman–Crippen MR) is 98.6 cm³/mol. The highest BCUT2D eigenvalue weighted by atomic mass is 32.2. The zero-order valence-electron chi connectivity index (χ0n) is 14.6. The molecule has 6 nitrogen and oxygen atoms in total. The topological polar surface area (TPSA) is 76.3 Å². The summed E-state index contributed by atoms with van der Waals surface area (Å²) >= 11 is 0. The Hall–Kier alpha value is -2.25. The smallest absolute Gasteiger partial charge is 0.199 e. The van der Waals surface area contributed by atoms with Crippen LogP contribution in [-0.2, 0) is 16.4 Å². The Morgan fingerprint density at radius 3 is 2.96 bits per heavy atom. The van der Waals surface area contributed by atoms with Gasteiger partial charge in [-0.2, -0.15) is 0 Å². The highest BCUT2D eigenvalue weighted by Crippen LogP contribution is 2.30. The van der Waals surface area contributed by atoms with Crippen molar-refractivity contribution in [1.29, 1.82) is 0 Å². The van der Waals surface area contributed by atoms with Crippen molar-refractivity contribution < 1.29 is 12.8 Å². The molecule has 3 heterocycles. The largest absolute Gasteiger partial charge is 0.440 e. The van der Waals surface area contributed by atoms with Crippen molar-refractivity contribution in [3.63, 3.8) is 0 Å². The summed E-state index contributed by atoms with van der Waals surface area (Å²) < 4.78 is 30.0. The Bertz CT molecular complexity index is 1010. The van der Waals surface area contributed by atoms with Crippen LogP contribution < -0.4 is 0 Å². The van der Waals surface area contributed by atoms with Crippen molar-refractivity contribution in [3.05, 3.63) is 54.2 Å². The fourth-order valence-electron chi connectivity index (χ4n) is 3.39. The number of aromatic nitrogens is 2. The maximum absolute atomic E-state index is 12.1. The van der Waals surface area contributed by atoms with Gasteiger partial charge in [0, 0.05) is 31.4 Å². The maximum Gasteiger partial charge on any atom is 0.199 e. The van der Waals surface area contributed by atoms with Crippen LogP contribution in [0.3, 0.4) is 0 Å². The molecule has 4 rings (SSSR count). The fourth-order valence-corrected chi connectivity index (χ4v) is 4.29. The lowest BCUT2D eigenvalue weighted by molar-refractivity contribution is 0.320. The number of pyridine rings is 1. The van der Waals surface area contributed by atoms with Crippen molar-refractivity contribution in [2.75, 3.05) is 18.8 Å². The van der Waals surface area contributed by atoms with Crippen LogP contribution >= 0.6 is 0 Å². The van der Waals surface area contributed by atoms with E-state index in [0.29, 0.717) is 21.9 Å². The van der Waals surface area contributed by atoms with Crippen molar-refractivity contribution in [3.8, 4) is 0 Å². The van der Waals surface area contributed by atoms with Crippen LogP contribution in [0, 0.1) is 0 Å². The van der Waals surface area contributed by atoms with Crippen molar-refractivity contribution in [2.45, 2.75) is 30.7 Å². The first kappa shape index (κ1) is 17.2. The van der Waals surface area contributed by atoms with E-state index in [0.717, 1.165) is 26.1 Å². The molecule has 0 radical (unpaired) electrons. The SMILES string of the molecule is CCS(=O)(=O)c1ccc2oc([C@@H]3CCN(Cc4cccnc4)C3)nc2c1. The van der Waals surface area contributed by atoms with Gasteiger partial charge in [0.1, 0.15) is 5.52 Å². The zero-order valence-corrected chi connectivity index (χ0v) is 15.4. The minimum atomic E-state index is -3.24.